The van der Waals surface area contributed by atoms with Gasteiger partial charge in [-0.05, 0) is 19.1 Å². The lowest BCUT2D eigenvalue weighted by molar-refractivity contribution is 0.0660. The summed E-state index contributed by atoms with van der Waals surface area (Å²) >= 11 is 0. The van der Waals surface area contributed by atoms with E-state index in [2.05, 4.69) is 5.32 Å². The normalized spacial score (nSPS) is 12.7. The van der Waals surface area contributed by atoms with E-state index in [1.807, 2.05) is 6.92 Å². The molecule has 5 heteroatoms. The van der Waals surface area contributed by atoms with Crippen LogP contribution in [0.5, 0.6) is 0 Å². The molecule has 1 heterocycles. The summed E-state index contributed by atoms with van der Waals surface area (Å²) < 4.78 is 10.0. The van der Waals surface area contributed by atoms with Gasteiger partial charge in [0, 0.05) is 13.2 Å². The fraction of sp³-hybridized carbons (Fsp3) is 0.500. The third-order valence-electron chi connectivity index (χ3n) is 1.91. The average Bonchev–Trinajstić information content (AvgIpc) is 2.63. The van der Waals surface area contributed by atoms with E-state index in [4.69, 9.17) is 14.3 Å². The molecule has 0 radical (unpaired) electrons. The smallest absolute Gasteiger partial charge is 0.371 e. The Labute approximate surface area is 88.0 Å². The zero-order valence-electron chi connectivity index (χ0n) is 8.82. The SMILES string of the molecule is COCC(C)NCc1ccc(C(=O)O)o1. The van der Waals surface area contributed by atoms with Crippen molar-refractivity contribution in [2.75, 3.05) is 13.7 Å². The number of aromatic carboxylic acids is 1. The molecule has 0 fully saturated rings. The van der Waals surface area contributed by atoms with Gasteiger partial charge in [0.2, 0.25) is 5.76 Å². The van der Waals surface area contributed by atoms with Gasteiger partial charge >= 0.3 is 5.97 Å². The molecule has 0 aromatic carbocycles. The van der Waals surface area contributed by atoms with E-state index >= 15 is 0 Å². The lowest BCUT2D eigenvalue weighted by Crippen LogP contribution is -2.29. The standard InChI is InChI=1S/C10H15NO4/c1-7(6-14-2)11-5-8-3-4-9(15-8)10(12)13/h3-4,7,11H,5-6H2,1-2H3,(H,12,13). The first-order valence-electron chi connectivity index (χ1n) is 4.67. The first-order valence-corrected chi connectivity index (χ1v) is 4.67. The maximum Gasteiger partial charge on any atom is 0.371 e. The second-order valence-electron chi connectivity index (χ2n) is 3.31. The van der Waals surface area contributed by atoms with Crippen LogP contribution in [-0.2, 0) is 11.3 Å². The van der Waals surface area contributed by atoms with Crippen LogP contribution in [-0.4, -0.2) is 30.8 Å². The summed E-state index contributed by atoms with van der Waals surface area (Å²) in [6.07, 6.45) is 0. The molecule has 0 saturated heterocycles. The van der Waals surface area contributed by atoms with Crippen LogP contribution < -0.4 is 5.32 Å². The Morgan fingerprint density at radius 3 is 2.93 bits per heavy atom. The van der Waals surface area contributed by atoms with Crippen LogP contribution in [0, 0.1) is 0 Å². The van der Waals surface area contributed by atoms with Crippen LogP contribution in [0.15, 0.2) is 16.5 Å². The number of hydrogen-bond acceptors (Lipinski definition) is 4. The van der Waals surface area contributed by atoms with E-state index in [1.54, 1.807) is 13.2 Å². The highest BCUT2D eigenvalue weighted by Crippen LogP contribution is 2.07. The summed E-state index contributed by atoms with van der Waals surface area (Å²) in [6.45, 7) is 3.08. The highest BCUT2D eigenvalue weighted by Gasteiger charge is 2.09. The molecule has 0 bridgehead atoms. The maximum absolute atomic E-state index is 10.5. The first kappa shape index (κ1) is 11.7. The summed E-state index contributed by atoms with van der Waals surface area (Å²) in [7, 11) is 1.63. The molecule has 1 aromatic heterocycles. The van der Waals surface area contributed by atoms with Crippen molar-refractivity contribution in [2.24, 2.45) is 0 Å². The molecule has 0 amide bonds. The second-order valence-corrected chi connectivity index (χ2v) is 3.31. The zero-order valence-corrected chi connectivity index (χ0v) is 8.82. The predicted octanol–water partition coefficient (Wildman–Crippen LogP) is 1.10. The molecular weight excluding hydrogens is 198 g/mol. The maximum atomic E-state index is 10.5. The molecule has 1 unspecified atom stereocenters. The van der Waals surface area contributed by atoms with Crippen LogP contribution in [0.3, 0.4) is 0 Å². The molecule has 1 atom stereocenters. The second kappa shape index (κ2) is 5.53. The van der Waals surface area contributed by atoms with Gasteiger partial charge in [-0.15, -0.1) is 0 Å². The van der Waals surface area contributed by atoms with Gasteiger partial charge in [-0.3, -0.25) is 0 Å². The molecular formula is C10H15NO4. The zero-order chi connectivity index (χ0) is 11.3. The number of carbonyl (C=O) groups is 1. The van der Waals surface area contributed by atoms with E-state index < -0.39 is 5.97 Å². The van der Waals surface area contributed by atoms with Gasteiger partial charge in [0.15, 0.2) is 0 Å². The number of carboxylic acid groups (broad SMARTS) is 1. The third kappa shape index (κ3) is 3.73. The van der Waals surface area contributed by atoms with Crippen molar-refractivity contribution >= 4 is 5.97 Å². The Morgan fingerprint density at radius 1 is 1.67 bits per heavy atom. The van der Waals surface area contributed by atoms with Crippen LogP contribution >= 0.6 is 0 Å². The van der Waals surface area contributed by atoms with Crippen molar-refractivity contribution in [3.63, 3.8) is 0 Å². The van der Waals surface area contributed by atoms with Crippen LogP contribution in [0.2, 0.25) is 0 Å². The Bertz CT molecular complexity index is 321. The third-order valence-corrected chi connectivity index (χ3v) is 1.91. The highest BCUT2D eigenvalue weighted by molar-refractivity contribution is 5.84. The number of methoxy groups -OCH3 is 1. The first-order chi connectivity index (χ1) is 7.13. The lowest BCUT2D eigenvalue weighted by atomic mass is 10.3. The van der Waals surface area contributed by atoms with Gasteiger partial charge in [-0.1, -0.05) is 0 Å². The summed E-state index contributed by atoms with van der Waals surface area (Å²) in [5, 5.41) is 11.8. The minimum absolute atomic E-state index is 0.0359. The van der Waals surface area contributed by atoms with Crippen molar-refractivity contribution in [2.45, 2.75) is 19.5 Å². The van der Waals surface area contributed by atoms with Gasteiger partial charge < -0.3 is 19.6 Å². The Morgan fingerprint density at radius 2 is 2.40 bits per heavy atom. The number of hydrogen-bond donors (Lipinski definition) is 2. The molecule has 84 valence electrons. The molecule has 0 aliphatic rings. The number of furan rings is 1. The topological polar surface area (TPSA) is 71.7 Å². The monoisotopic (exact) mass is 213 g/mol. The van der Waals surface area contributed by atoms with E-state index in [9.17, 15) is 4.79 Å². The molecule has 1 aromatic rings. The number of rotatable bonds is 6. The minimum Gasteiger partial charge on any atom is -0.475 e. The summed E-state index contributed by atoms with van der Waals surface area (Å²) in [5.41, 5.74) is 0. The highest BCUT2D eigenvalue weighted by atomic mass is 16.5. The fourth-order valence-electron chi connectivity index (χ4n) is 1.17. The average molecular weight is 213 g/mol. The van der Waals surface area contributed by atoms with Gasteiger partial charge in [0.25, 0.3) is 0 Å². The number of carboxylic acids is 1. The summed E-state index contributed by atoms with van der Waals surface area (Å²) in [6, 6.07) is 3.30. The Kier molecular flexibility index (Phi) is 4.33. The molecule has 0 saturated carbocycles. The minimum atomic E-state index is -1.05. The Hall–Kier alpha value is -1.33. The Balaban J connectivity index is 2.40. The predicted molar refractivity (Wildman–Crippen MR) is 53.8 cm³/mol. The molecule has 0 aliphatic heterocycles. The molecule has 0 spiro atoms. The molecule has 5 nitrogen and oxygen atoms in total. The van der Waals surface area contributed by atoms with Crippen molar-refractivity contribution in [3.8, 4) is 0 Å². The van der Waals surface area contributed by atoms with Gasteiger partial charge in [-0.25, -0.2) is 4.79 Å². The molecule has 1 rings (SSSR count). The van der Waals surface area contributed by atoms with Crippen LogP contribution in [0.25, 0.3) is 0 Å². The van der Waals surface area contributed by atoms with Gasteiger partial charge in [-0.2, -0.15) is 0 Å². The molecule has 2 N–H and O–H groups in total. The van der Waals surface area contributed by atoms with Crippen molar-refractivity contribution in [1.82, 2.24) is 5.32 Å². The van der Waals surface area contributed by atoms with E-state index in [1.165, 1.54) is 6.07 Å². The van der Waals surface area contributed by atoms with E-state index in [0.717, 1.165) is 0 Å². The van der Waals surface area contributed by atoms with E-state index in [0.29, 0.717) is 18.9 Å². The quantitative estimate of drug-likeness (QED) is 0.740. The van der Waals surface area contributed by atoms with Gasteiger partial charge in [0.05, 0.1) is 13.2 Å². The van der Waals surface area contributed by atoms with Crippen molar-refractivity contribution in [3.05, 3.63) is 23.7 Å². The molecule has 15 heavy (non-hydrogen) atoms. The van der Waals surface area contributed by atoms with Crippen molar-refractivity contribution in [1.29, 1.82) is 0 Å². The molecule has 0 aliphatic carbocycles. The van der Waals surface area contributed by atoms with Crippen LogP contribution in [0.4, 0.5) is 0 Å². The van der Waals surface area contributed by atoms with E-state index in [-0.39, 0.29) is 11.8 Å². The van der Waals surface area contributed by atoms with Crippen LogP contribution in [0.1, 0.15) is 23.2 Å². The lowest BCUT2D eigenvalue weighted by Gasteiger charge is -2.10. The largest absolute Gasteiger partial charge is 0.475 e. The van der Waals surface area contributed by atoms with Crippen molar-refractivity contribution < 1.29 is 19.1 Å². The summed E-state index contributed by atoms with van der Waals surface area (Å²) in [4.78, 5) is 10.5. The number of ether oxygens (including phenoxy) is 1. The summed E-state index contributed by atoms with van der Waals surface area (Å²) in [5.74, 6) is -0.479. The fourth-order valence-corrected chi connectivity index (χ4v) is 1.17. The van der Waals surface area contributed by atoms with Gasteiger partial charge in [0.1, 0.15) is 5.76 Å². The number of nitrogens with one attached hydrogen (secondary N) is 1.